The molecule has 0 unspecified atom stereocenters. The van der Waals surface area contributed by atoms with Crippen LogP contribution in [-0.2, 0) is 4.74 Å². The van der Waals surface area contributed by atoms with Crippen molar-refractivity contribution in [2.45, 2.75) is 58.1 Å². The molecule has 0 radical (unpaired) electrons. The molecule has 1 amide bonds. The van der Waals surface area contributed by atoms with E-state index in [9.17, 15) is 4.79 Å². The van der Waals surface area contributed by atoms with E-state index in [1.165, 1.54) is 6.42 Å². The van der Waals surface area contributed by atoms with Crippen molar-refractivity contribution in [1.29, 1.82) is 0 Å². The Morgan fingerprint density at radius 1 is 1.28 bits per heavy atom. The first kappa shape index (κ1) is 13.7. The predicted molar refractivity (Wildman–Crippen MR) is 71.6 cm³/mol. The molecule has 0 spiro atoms. The van der Waals surface area contributed by atoms with Gasteiger partial charge in [0.2, 0.25) is 0 Å². The van der Waals surface area contributed by atoms with Crippen molar-refractivity contribution in [1.82, 2.24) is 10.2 Å². The van der Waals surface area contributed by atoms with Crippen molar-refractivity contribution < 1.29 is 9.53 Å². The molecule has 0 aromatic heterocycles. The number of likely N-dealkylation sites (tertiary alicyclic amines) is 1. The minimum Gasteiger partial charge on any atom is -0.444 e. The van der Waals surface area contributed by atoms with E-state index in [1.54, 1.807) is 0 Å². The number of rotatable bonds is 0. The van der Waals surface area contributed by atoms with Crippen LogP contribution in [0.4, 0.5) is 4.79 Å². The van der Waals surface area contributed by atoms with Gasteiger partial charge < -0.3 is 15.0 Å². The van der Waals surface area contributed by atoms with Gasteiger partial charge in [-0.25, -0.2) is 4.79 Å². The molecule has 104 valence electrons. The molecule has 0 aromatic carbocycles. The number of hydrogen-bond donors (Lipinski definition) is 1. The normalized spacial score (nSPS) is 29.4. The number of nitrogens with one attached hydrogen (secondary N) is 1. The zero-order valence-electron chi connectivity index (χ0n) is 11.9. The summed E-state index contributed by atoms with van der Waals surface area (Å²) in [5.41, 5.74) is -0.396. The van der Waals surface area contributed by atoms with Crippen LogP contribution in [0.1, 0.15) is 46.5 Å². The van der Waals surface area contributed by atoms with E-state index in [0.717, 1.165) is 38.9 Å². The van der Waals surface area contributed by atoms with Gasteiger partial charge in [-0.1, -0.05) is 0 Å². The number of carbonyl (C=O) groups excluding carboxylic acids is 1. The van der Waals surface area contributed by atoms with E-state index in [1.807, 2.05) is 25.7 Å². The number of fused-ring (bicyclic) bond motifs is 1. The van der Waals surface area contributed by atoms with E-state index in [4.69, 9.17) is 4.74 Å². The molecule has 4 heteroatoms. The molecule has 0 aromatic rings. The Bertz CT molecular complexity index is 299. The Morgan fingerprint density at radius 3 is 2.78 bits per heavy atom. The number of ether oxygens (including phenoxy) is 1. The first-order valence-electron chi connectivity index (χ1n) is 7.18. The number of piperidine rings is 1. The smallest absolute Gasteiger partial charge is 0.410 e. The molecule has 1 N–H and O–H groups in total. The molecule has 0 saturated carbocycles. The van der Waals surface area contributed by atoms with Crippen LogP contribution >= 0.6 is 0 Å². The zero-order valence-corrected chi connectivity index (χ0v) is 11.9. The predicted octanol–water partition coefficient (Wildman–Crippen LogP) is 2.39. The van der Waals surface area contributed by atoms with Crippen molar-refractivity contribution in [3.05, 3.63) is 0 Å². The Labute approximate surface area is 110 Å². The van der Waals surface area contributed by atoms with Crippen molar-refractivity contribution in [3.63, 3.8) is 0 Å². The molecule has 2 atom stereocenters. The highest BCUT2D eigenvalue weighted by atomic mass is 16.6. The van der Waals surface area contributed by atoms with Crippen LogP contribution < -0.4 is 5.32 Å². The Morgan fingerprint density at radius 2 is 2.06 bits per heavy atom. The highest BCUT2D eigenvalue weighted by molar-refractivity contribution is 5.68. The molecule has 0 aliphatic carbocycles. The highest BCUT2D eigenvalue weighted by Crippen LogP contribution is 2.29. The van der Waals surface area contributed by atoms with Gasteiger partial charge in [0.05, 0.1) is 0 Å². The number of amides is 1. The van der Waals surface area contributed by atoms with Gasteiger partial charge in [-0.3, -0.25) is 0 Å². The summed E-state index contributed by atoms with van der Waals surface area (Å²) in [7, 11) is 0. The molecular weight excluding hydrogens is 228 g/mol. The topological polar surface area (TPSA) is 41.6 Å². The minimum absolute atomic E-state index is 0.126. The fourth-order valence-electron chi connectivity index (χ4n) is 3.04. The summed E-state index contributed by atoms with van der Waals surface area (Å²) in [5.74, 6) is 0.605. The summed E-state index contributed by atoms with van der Waals surface area (Å²) in [6.07, 6.45) is 4.47. The van der Waals surface area contributed by atoms with E-state index in [-0.39, 0.29) is 6.09 Å². The second kappa shape index (κ2) is 5.47. The van der Waals surface area contributed by atoms with E-state index in [2.05, 4.69) is 5.32 Å². The van der Waals surface area contributed by atoms with Gasteiger partial charge in [0.1, 0.15) is 5.60 Å². The zero-order chi connectivity index (χ0) is 13.2. The van der Waals surface area contributed by atoms with Crippen molar-refractivity contribution >= 4 is 6.09 Å². The summed E-state index contributed by atoms with van der Waals surface area (Å²) in [6, 6.07) is 0.378. The van der Waals surface area contributed by atoms with Crippen LogP contribution in [0.25, 0.3) is 0 Å². The minimum atomic E-state index is -0.396. The summed E-state index contributed by atoms with van der Waals surface area (Å²) in [6.45, 7) is 8.78. The maximum atomic E-state index is 12.3. The highest BCUT2D eigenvalue weighted by Gasteiger charge is 2.36. The molecule has 2 aliphatic rings. The lowest BCUT2D eigenvalue weighted by Crippen LogP contribution is -2.51. The van der Waals surface area contributed by atoms with Gasteiger partial charge in [-0.2, -0.15) is 0 Å². The second-order valence-corrected chi connectivity index (χ2v) is 6.49. The molecule has 2 rings (SSSR count). The molecular formula is C14H26N2O2. The average Bonchev–Trinajstić information content (AvgIpc) is 2.50. The van der Waals surface area contributed by atoms with Crippen LogP contribution in [-0.4, -0.2) is 42.3 Å². The molecule has 2 fully saturated rings. The van der Waals surface area contributed by atoms with Gasteiger partial charge in [0.15, 0.2) is 0 Å². The fourth-order valence-corrected chi connectivity index (χ4v) is 3.04. The van der Waals surface area contributed by atoms with Crippen LogP contribution in [0, 0.1) is 5.92 Å². The molecule has 2 aliphatic heterocycles. The first-order valence-corrected chi connectivity index (χ1v) is 7.18. The monoisotopic (exact) mass is 254 g/mol. The Hall–Kier alpha value is -0.770. The number of nitrogens with zero attached hydrogens (tertiary/aromatic N) is 1. The number of carbonyl (C=O) groups is 1. The van der Waals surface area contributed by atoms with Crippen molar-refractivity contribution in [2.75, 3.05) is 19.6 Å². The molecule has 0 bridgehead atoms. The Balaban J connectivity index is 2.03. The molecule has 4 nitrogen and oxygen atoms in total. The van der Waals surface area contributed by atoms with E-state index < -0.39 is 5.60 Å². The average molecular weight is 254 g/mol. The molecule has 2 heterocycles. The lowest BCUT2D eigenvalue weighted by molar-refractivity contribution is 0.0000933. The van der Waals surface area contributed by atoms with Crippen LogP contribution in [0.2, 0.25) is 0 Å². The third kappa shape index (κ3) is 3.37. The largest absolute Gasteiger partial charge is 0.444 e. The van der Waals surface area contributed by atoms with Gasteiger partial charge in [0, 0.05) is 12.6 Å². The van der Waals surface area contributed by atoms with Gasteiger partial charge in [-0.05, 0) is 65.5 Å². The van der Waals surface area contributed by atoms with Gasteiger partial charge in [0.25, 0.3) is 0 Å². The van der Waals surface area contributed by atoms with Gasteiger partial charge >= 0.3 is 6.09 Å². The van der Waals surface area contributed by atoms with Crippen LogP contribution in [0.5, 0.6) is 0 Å². The lowest BCUT2D eigenvalue weighted by Gasteiger charge is -2.40. The summed E-state index contributed by atoms with van der Waals surface area (Å²) in [5, 5.41) is 3.48. The summed E-state index contributed by atoms with van der Waals surface area (Å²) in [4.78, 5) is 14.2. The SMILES string of the molecule is CC(C)(C)OC(=O)N1CCC[C@@H]2CNCCC[C@@H]21. The first-order chi connectivity index (χ1) is 8.47. The summed E-state index contributed by atoms with van der Waals surface area (Å²) >= 11 is 0. The molecule has 2 saturated heterocycles. The summed E-state index contributed by atoms with van der Waals surface area (Å²) < 4.78 is 5.53. The van der Waals surface area contributed by atoms with E-state index >= 15 is 0 Å². The van der Waals surface area contributed by atoms with Crippen LogP contribution in [0.15, 0.2) is 0 Å². The van der Waals surface area contributed by atoms with Crippen molar-refractivity contribution in [2.24, 2.45) is 5.92 Å². The standard InChI is InChI=1S/C14H26N2O2/c1-14(2,3)18-13(17)16-9-5-6-11-10-15-8-4-7-12(11)16/h11-12,15H,4-10H2,1-3H3/t11-,12+/m1/s1. The Kier molecular flexibility index (Phi) is 4.15. The van der Waals surface area contributed by atoms with E-state index in [0.29, 0.717) is 12.0 Å². The quantitative estimate of drug-likeness (QED) is 0.721. The number of hydrogen-bond acceptors (Lipinski definition) is 3. The third-order valence-corrected chi connectivity index (χ3v) is 3.81. The van der Waals surface area contributed by atoms with Crippen LogP contribution in [0.3, 0.4) is 0 Å². The second-order valence-electron chi connectivity index (χ2n) is 6.49. The fraction of sp³-hybridized carbons (Fsp3) is 0.929. The molecule has 18 heavy (non-hydrogen) atoms. The third-order valence-electron chi connectivity index (χ3n) is 3.81. The maximum Gasteiger partial charge on any atom is 0.410 e. The van der Waals surface area contributed by atoms with Gasteiger partial charge in [-0.15, -0.1) is 0 Å². The maximum absolute atomic E-state index is 12.3. The van der Waals surface area contributed by atoms with Crippen molar-refractivity contribution in [3.8, 4) is 0 Å². The lowest BCUT2D eigenvalue weighted by atomic mass is 9.87.